The molecule has 29 heavy (non-hydrogen) atoms. The number of benzene rings is 1. The Hall–Kier alpha value is -2.91. The fraction of sp³-hybridized carbons (Fsp3) is 0.348. The van der Waals surface area contributed by atoms with Crippen LogP contribution in [0, 0.1) is 17.2 Å². The number of esters is 1. The molecule has 2 aromatic rings. The Labute approximate surface area is 174 Å². The standard InChI is InChI=1S/C23H22N2O3S/c1-28-23(27)21-17(14-7-3-2-4-8-14)11-15(12-19(21)26)25-22-18(13-24)16-9-5-6-10-20(16)29-22/h2-4,7-8,12,17,21,25H,5-6,9-11H2,1H3. The maximum atomic E-state index is 12.8. The second-order valence-electron chi connectivity index (χ2n) is 7.45. The van der Waals surface area contributed by atoms with E-state index in [-0.39, 0.29) is 11.7 Å². The summed E-state index contributed by atoms with van der Waals surface area (Å²) in [4.78, 5) is 26.4. The van der Waals surface area contributed by atoms with Gasteiger partial charge in [0.15, 0.2) is 5.78 Å². The summed E-state index contributed by atoms with van der Waals surface area (Å²) >= 11 is 1.61. The molecule has 2 unspecified atom stereocenters. The van der Waals surface area contributed by atoms with Crippen molar-refractivity contribution in [3.05, 3.63) is 63.7 Å². The van der Waals surface area contributed by atoms with Crippen molar-refractivity contribution >= 4 is 28.1 Å². The van der Waals surface area contributed by atoms with Crippen molar-refractivity contribution in [2.45, 2.75) is 38.0 Å². The average molecular weight is 407 g/mol. The molecule has 2 atom stereocenters. The molecule has 0 spiro atoms. The Balaban J connectivity index is 1.67. The van der Waals surface area contributed by atoms with E-state index in [9.17, 15) is 14.9 Å². The molecule has 5 nitrogen and oxygen atoms in total. The number of carbonyl (C=O) groups excluding carboxylic acids is 2. The van der Waals surface area contributed by atoms with Crippen LogP contribution in [0.1, 0.15) is 46.7 Å². The number of nitriles is 1. The molecule has 1 aromatic heterocycles. The second-order valence-corrected chi connectivity index (χ2v) is 8.55. The molecule has 1 aromatic carbocycles. The Morgan fingerprint density at radius 2 is 2.00 bits per heavy atom. The number of nitrogens with zero attached hydrogens (tertiary/aromatic N) is 1. The van der Waals surface area contributed by atoms with Gasteiger partial charge in [0, 0.05) is 22.6 Å². The van der Waals surface area contributed by atoms with Crippen LogP contribution in [0.5, 0.6) is 0 Å². The lowest BCUT2D eigenvalue weighted by molar-refractivity contribution is -0.149. The van der Waals surface area contributed by atoms with Gasteiger partial charge in [-0.2, -0.15) is 5.26 Å². The number of nitrogens with one attached hydrogen (secondary N) is 1. The number of hydrogen-bond acceptors (Lipinski definition) is 6. The number of hydrogen-bond donors (Lipinski definition) is 1. The molecule has 2 aliphatic rings. The van der Waals surface area contributed by atoms with E-state index in [4.69, 9.17) is 4.74 Å². The van der Waals surface area contributed by atoms with Gasteiger partial charge in [0.1, 0.15) is 17.0 Å². The number of thiophene rings is 1. The second kappa shape index (κ2) is 8.22. The summed E-state index contributed by atoms with van der Waals surface area (Å²) in [5.41, 5.74) is 3.51. The van der Waals surface area contributed by atoms with E-state index in [0.717, 1.165) is 47.5 Å². The van der Waals surface area contributed by atoms with Crippen LogP contribution < -0.4 is 5.32 Å². The van der Waals surface area contributed by atoms with E-state index in [2.05, 4.69) is 11.4 Å². The van der Waals surface area contributed by atoms with E-state index in [0.29, 0.717) is 12.0 Å². The van der Waals surface area contributed by atoms with Gasteiger partial charge in [-0.05, 0) is 43.2 Å². The average Bonchev–Trinajstić information content (AvgIpc) is 3.10. The molecule has 148 valence electrons. The Morgan fingerprint density at radius 3 is 2.72 bits per heavy atom. The number of fused-ring (bicyclic) bond motifs is 1. The zero-order valence-corrected chi connectivity index (χ0v) is 17.1. The first kappa shape index (κ1) is 19.4. The molecule has 6 heteroatoms. The number of carbonyl (C=O) groups is 2. The lowest BCUT2D eigenvalue weighted by Crippen LogP contribution is -2.34. The van der Waals surface area contributed by atoms with Gasteiger partial charge in [-0.15, -0.1) is 11.3 Å². The maximum absolute atomic E-state index is 12.8. The lowest BCUT2D eigenvalue weighted by atomic mass is 9.76. The third-order valence-electron chi connectivity index (χ3n) is 5.71. The van der Waals surface area contributed by atoms with Crippen molar-refractivity contribution in [3.8, 4) is 6.07 Å². The third-order valence-corrected chi connectivity index (χ3v) is 6.91. The highest BCUT2D eigenvalue weighted by molar-refractivity contribution is 7.16. The Kier molecular flexibility index (Phi) is 5.50. The minimum absolute atomic E-state index is 0.265. The lowest BCUT2D eigenvalue weighted by Gasteiger charge is -2.29. The molecule has 2 aliphatic carbocycles. The number of anilines is 1. The summed E-state index contributed by atoms with van der Waals surface area (Å²) in [6, 6.07) is 11.9. The summed E-state index contributed by atoms with van der Waals surface area (Å²) in [5, 5.41) is 13.8. The van der Waals surface area contributed by atoms with Gasteiger partial charge in [-0.25, -0.2) is 0 Å². The predicted octanol–water partition coefficient (Wildman–Crippen LogP) is 4.34. The highest BCUT2D eigenvalue weighted by Crippen LogP contribution is 2.41. The van der Waals surface area contributed by atoms with E-state index in [1.807, 2.05) is 30.3 Å². The molecule has 0 saturated carbocycles. The maximum Gasteiger partial charge on any atom is 0.317 e. The van der Waals surface area contributed by atoms with Gasteiger partial charge in [-0.3, -0.25) is 9.59 Å². The van der Waals surface area contributed by atoms with E-state index >= 15 is 0 Å². The van der Waals surface area contributed by atoms with E-state index in [1.165, 1.54) is 18.1 Å². The van der Waals surface area contributed by atoms with Crippen LogP contribution >= 0.6 is 11.3 Å². The van der Waals surface area contributed by atoms with E-state index < -0.39 is 11.9 Å². The molecule has 0 radical (unpaired) electrons. The largest absolute Gasteiger partial charge is 0.468 e. The van der Waals surface area contributed by atoms with Crippen molar-refractivity contribution in [3.63, 3.8) is 0 Å². The fourth-order valence-electron chi connectivity index (χ4n) is 4.30. The molecule has 0 fully saturated rings. The van der Waals surface area contributed by atoms with Crippen molar-refractivity contribution in [2.75, 3.05) is 12.4 Å². The van der Waals surface area contributed by atoms with Crippen LogP contribution in [0.4, 0.5) is 5.00 Å². The quantitative estimate of drug-likeness (QED) is 0.604. The minimum Gasteiger partial charge on any atom is -0.468 e. The zero-order valence-electron chi connectivity index (χ0n) is 16.2. The van der Waals surface area contributed by atoms with Crippen LogP contribution in [-0.2, 0) is 27.2 Å². The third kappa shape index (κ3) is 3.70. The van der Waals surface area contributed by atoms with Crippen LogP contribution in [0.15, 0.2) is 42.1 Å². The zero-order chi connectivity index (χ0) is 20.4. The molecular weight excluding hydrogens is 384 g/mol. The first-order chi connectivity index (χ1) is 14.1. The molecule has 0 bridgehead atoms. The first-order valence-electron chi connectivity index (χ1n) is 9.81. The number of aryl methyl sites for hydroxylation is 1. The summed E-state index contributed by atoms with van der Waals surface area (Å²) in [6.07, 6.45) is 6.20. The van der Waals surface area contributed by atoms with Crippen molar-refractivity contribution in [1.82, 2.24) is 0 Å². The summed E-state index contributed by atoms with van der Waals surface area (Å²) in [7, 11) is 1.31. The SMILES string of the molecule is COC(=O)C1C(=O)C=C(Nc2sc3c(c2C#N)CCCC3)CC1c1ccccc1. The number of allylic oxidation sites excluding steroid dienone is 2. The predicted molar refractivity (Wildman–Crippen MR) is 112 cm³/mol. The molecule has 0 saturated heterocycles. The molecule has 1 heterocycles. The van der Waals surface area contributed by atoms with Gasteiger partial charge in [-0.1, -0.05) is 30.3 Å². The number of ketones is 1. The number of methoxy groups -OCH3 is 1. The normalized spacial score (nSPS) is 21.0. The summed E-state index contributed by atoms with van der Waals surface area (Å²) in [6.45, 7) is 0. The number of ether oxygens (including phenoxy) is 1. The molecule has 0 aliphatic heterocycles. The summed E-state index contributed by atoms with van der Waals surface area (Å²) in [5.74, 6) is -1.92. The number of rotatable bonds is 4. The van der Waals surface area contributed by atoms with Crippen LogP contribution in [0.2, 0.25) is 0 Å². The van der Waals surface area contributed by atoms with Crippen LogP contribution in [0.3, 0.4) is 0 Å². The van der Waals surface area contributed by atoms with Crippen molar-refractivity contribution < 1.29 is 14.3 Å². The van der Waals surface area contributed by atoms with Crippen molar-refractivity contribution in [1.29, 1.82) is 5.26 Å². The Bertz CT molecular complexity index is 1020. The minimum atomic E-state index is -0.847. The van der Waals surface area contributed by atoms with Gasteiger partial charge >= 0.3 is 5.97 Å². The van der Waals surface area contributed by atoms with Gasteiger partial charge in [0.25, 0.3) is 0 Å². The van der Waals surface area contributed by atoms with Gasteiger partial charge in [0.05, 0.1) is 12.7 Å². The van der Waals surface area contributed by atoms with Crippen LogP contribution in [0.25, 0.3) is 0 Å². The Morgan fingerprint density at radius 1 is 1.24 bits per heavy atom. The highest BCUT2D eigenvalue weighted by Gasteiger charge is 2.39. The van der Waals surface area contributed by atoms with Gasteiger partial charge < -0.3 is 10.1 Å². The first-order valence-corrected chi connectivity index (χ1v) is 10.6. The molecular formula is C23H22N2O3S. The van der Waals surface area contributed by atoms with Crippen LogP contribution in [-0.4, -0.2) is 18.9 Å². The van der Waals surface area contributed by atoms with Gasteiger partial charge in [0.2, 0.25) is 0 Å². The van der Waals surface area contributed by atoms with E-state index in [1.54, 1.807) is 11.3 Å². The smallest absolute Gasteiger partial charge is 0.317 e. The molecule has 0 amide bonds. The van der Waals surface area contributed by atoms with Crippen molar-refractivity contribution in [2.24, 2.45) is 5.92 Å². The monoisotopic (exact) mass is 406 g/mol. The topological polar surface area (TPSA) is 79.2 Å². The summed E-state index contributed by atoms with van der Waals surface area (Å²) < 4.78 is 4.91. The highest BCUT2D eigenvalue weighted by atomic mass is 32.1. The molecule has 4 rings (SSSR count). The fourth-order valence-corrected chi connectivity index (χ4v) is 5.57. The molecule has 1 N–H and O–H groups in total.